The lowest BCUT2D eigenvalue weighted by Crippen LogP contribution is -2.17. The highest BCUT2D eigenvalue weighted by molar-refractivity contribution is 6.31. The highest BCUT2D eigenvalue weighted by Gasteiger charge is 2.30. The van der Waals surface area contributed by atoms with Crippen LogP contribution in [0.3, 0.4) is 0 Å². The standard InChI is InChI=1S/C19H17ClF3N3/c1-2-8-26-17-10-15(20)6-7-16(17)25-18(26)12-24-11-13-4-3-5-14(9-13)19(21,22)23/h2-7,9-10,24H,1,8,11-12H2. The van der Waals surface area contributed by atoms with Crippen molar-refractivity contribution in [3.8, 4) is 0 Å². The summed E-state index contributed by atoms with van der Waals surface area (Å²) < 4.78 is 40.3. The van der Waals surface area contributed by atoms with E-state index in [-0.39, 0.29) is 0 Å². The summed E-state index contributed by atoms with van der Waals surface area (Å²) in [6.45, 7) is 5.05. The number of benzene rings is 2. The number of alkyl halides is 3. The number of aromatic nitrogens is 2. The Morgan fingerprint density at radius 2 is 1.96 bits per heavy atom. The molecule has 0 saturated carbocycles. The minimum Gasteiger partial charge on any atom is -0.323 e. The first kappa shape index (κ1) is 18.5. The first-order valence-corrected chi connectivity index (χ1v) is 8.38. The highest BCUT2D eigenvalue weighted by atomic mass is 35.5. The molecule has 3 aromatic rings. The van der Waals surface area contributed by atoms with Gasteiger partial charge in [-0.25, -0.2) is 4.98 Å². The van der Waals surface area contributed by atoms with E-state index in [0.717, 1.165) is 29.0 Å². The predicted octanol–water partition coefficient (Wildman–Crippen LogP) is 5.18. The van der Waals surface area contributed by atoms with Gasteiger partial charge < -0.3 is 9.88 Å². The van der Waals surface area contributed by atoms with E-state index in [1.807, 2.05) is 16.7 Å². The minimum atomic E-state index is -4.34. The molecule has 0 unspecified atom stereocenters. The molecule has 0 saturated heterocycles. The number of rotatable bonds is 6. The Morgan fingerprint density at radius 3 is 2.69 bits per heavy atom. The highest BCUT2D eigenvalue weighted by Crippen LogP contribution is 2.29. The first-order chi connectivity index (χ1) is 12.4. The largest absolute Gasteiger partial charge is 0.416 e. The lowest BCUT2D eigenvalue weighted by Gasteiger charge is -2.10. The second kappa shape index (κ2) is 7.51. The normalized spacial score (nSPS) is 11.8. The van der Waals surface area contributed by atoms with Crippen LogP contribution in [-0.4, -0.2) is 9.55 Å². The second-order valence-electron chi connectivity index (χ2n) is 5.86. The predicted molar refractivity (Wildman–Crippen MR) is 96.9 cm³/mol. The zero-order valence-corrected chi connectivity index (χ0v) is 14.6. The summed E-state index contributed by atoms with van der Waals surface area (Å²) in [6, 6.07) is 10.7. The third-order valence-electron chi connectivity index (χ3n) is 3.97. The van der Waals surface area contributed by atoms with Gasteiger partial charge in [-0.3, -0.25) is 0 Å². The van der Waals surface area contributed by atoms with Crippen LogP contribution in [0.4, 0.5) is 13.2 Å². The summed E-state index contributed by atoms with van der Waals surface area (Å²) >= 11 is 6.06. The van der Waals surface area contributed by atoms with Gasteiger partial charge >= 0.3 is 6.18 Å². The number of allylic oxidation sites excluding steroid dienone is 1. The number of imidazole rings is 1. The molecule has 0 fully saturated rings. The molecule has 3 nitrogen and oxygen atoms in total. The molecule has 1 heterocycles. The number of nitrogens with zero attached hydrogens (tertiary/aromatic N) is 2. The van der Waals surface area contributed by atoms with Gasteiger partial charge in [0.2, 0.25) is 0 Å². The van der Waals surface area contributed by atoms with E-state index in [1.165, 1.54) is 6.07 Å². The number of nitrogens with one attached hydrogen (secondary N) is 1. The molecule has 2 aromatic carbocycles. The lowest BCUT2D eigenvalue weighted by atomic mass is 10.1. The van der Waals surface area contributed by atoms with Gasteiger partial charge in [0.15, 0.2) is 0 Å². The maximum atomic E-state index is 12.8. The van der Waals surface area contributed by atoms with Crippen molar-refractivity contribution in [3.05, 3.63) is 77.1 Å². The number of hydrogen-bond donors (Lipinski definition) is 1. The zero-order valence-electron chi connectivity index (χ0n) is 13.9. The Bertz CT molecular complexity index is 931. The average Bonchev–Trinajstić information content (AvgIpc) is 2.92. The molecule has 136 valence electrons. The van der Waals surface area contributed by atoms with Crippen molar-refractivity contribution in [2.45, 2.75) is 25.8 Å². The van der Waals surface area contributed by atoms with Crippen molar-refractivity contribution < 1.29 is 13.2 Å². The van der Waals surface area contributed by atoms with Gasteiger partial charge in [0, 0.05) is 18.1 Å². The Morgan fingerprint density at radius 1 is 1.15 bits per heavy atom. The molecular weight excluding hydrogens is 363 g/mol. The quantitative estimate of drug-likeness (QED) is 0.598. The fraction of sp³-hybridized carbons (Fsp3) is 0.211. The van der Waals surface area contributed by atoms with Crippen molar-refractivity contribution >= 4 is 22.6 Å². The molecule has 0 bridgehead atoms. The Hall–Kier alpha value is -2.31. The smallest absolute Gasteiger partial charge is 0.323 e. The van der Waals surface area contributed by atoms with Crippen LogP contribution in [0.25, 0.3) is 11.0 Å². The van der Waals surface area contributed by atoms with Crippen molar-refractivity contribution in [2.24, 2.45) is 0 Å². The molecule has 0 atom stereocenters. The van der Waals surface area contributed by atoms with E-state index in [0.29, 0.717) is 30.2 Å². The fourth-order valence-electron chi connectivity index (χ4n) is 2.79. The van der Waals surface area contributed by atoms with Gasteiger partial charge in [0.25, 0.3) is 0 Å². The molecular formula is C19H17ClF3N3. The molecule has 0 radical (unpaired) electrons. The molecule has 0 amide bonds. The maximum Gasteiger partial charge on any atom is 0.416 e. The van der Waals surface area contributed by atoms with Crippen molar-refractivity contribution in [3.63, 3.8) is 0 Å². The molecule has 0 aliphatic rings. The molecule has 26 heavy (non-hydrogen) atoms. The van der Waals surface area contributed by atoms with E-state index in [1.54, 1.807) is 18.2 Å². The summed E-state index contributed by atoms with van der Waals surface area (Å²) in [4.78, 5) is 4.57. The Labute approximate surface area is 154 Å². The summed E-state index contributed by atoms with van der Waals surface area (Å²) in [5, 5.41) is 3.77. The molecule has 0 spiro atoms. The summed E-state index contributed by atoms with van der Waals surface area (Å²) in [6.07, 6.45) is -2.58. The van der Waals surface area contributed by atoms with Crippen molar-refractivity contribution in [1.82, 2.24) is 14.9 Å². The molecule has 0 aliphatic carbocycles. The van der Waals surface area contributed by atoms with Gasteiger partial charge in [-0.05, 0) is 29.8 Å². The average molecular weight is 380 g/mol. The maximum absolute atomic E-state index is 12.8. The number of fused-ring (bicyclic) bond motifs is 1. The van der Waals surface area contributed by atoms with Crippen LogP contribution >= 0.6 is 11.6 Å². The topological polar surface area (TPSA) is 29.9 Å². The third kappa shape index (κ3) is 4.08. The van der Waals surface area contributed by atoms with Crippen molar-refractivity contribution in [1.29, 1.82) is 0 Å². The molecule has 1 aromatic heterocycles. The summed E-state index contributed by atoms with van der Waals surface area (Å²) in [5.41, 5.74) is 1.62. The van der Waals surface area contributed by atoms with E-state index in [4.69, 9.17) is 11.6 Å². The van der Waals surface area contributed by atoms with Gasteiger partial charge in [0.1, 0.15) is 5.82 Å². The zero-order chi connectivity index (χ0) is 18.7. The first-order valence-electron chi connectivity index (χ1n) is 8.01. The number of halogens is 4. The van der Waals surface area contributed by atoms with Crippen LogP contribution in [0.2, 0.25) is 5.02 Å². The Balaban J connectivity index is 1.76. The monoisotopic (exact) mass is 379 g/mol. The van der Waals surface area contributed by atoms with E-state index >= 15 is 0 Å². The molecule has 3 rings (SSSR count). The minimum absolute atomic E-state index is 0.308. The Kier molecular flexibility index (Phi) is 5.34. The van der Waals surface area contributed by atoms with E-state index in [9.17, 15) is 13.2 Å². The lowest BCUT2D eigenvalue weighted by molar-refractivity contribution is -0.137. The van der Waals surface area contributed by atoms with Crippen LogP contribution in [0, 0.1) is 0 Å². The molecule has 7 heteroatoms. The second-order valence-corrected chi connectivity index (χ2v) is 6.30. The SMILES string of the molecule is C=CCn1c(CNCc2cccc(C(F)(F)F)c2)nc2ccc(Cl)cc21. The van der Waals surface area contributed by atoms with Crippen molar-refractivity contribution in [2.75, 3.05) is 0 Å². The van der Waals surface area contributed by atoms with Crippen LogP contribution in [-0.2, 0) is 25.8 Å². The van der Waals surface area contributed by atoms with Gasteiger partial charge in [-0.15, -0.1) is 6.58 Å². The molecule has 0 aliphatic heterocycles. The molecule has 1 N–H and O–H groups in total. The van der Waals surface area contributed by atoms with Gasteiger partial charge in [-0.1, -0.05) is 35.9 Å². The van der Waals surface area contributed by atoms with Crippen LogP contribution in [0.1, 0.15) is 17.0 Å². The third-order valence-corrected chi connectivity index (χ3v) is 4.20. The fourth-order valence-corrected chi connectivity index (χ4v) is 2.96. The van der Waals surface area contributed by atoms with Gasteiger partial charge in [-0.2, -0.15) is 13.2 Å². The summed E-state index contributed by atoms with van der Waals surface area (Å²) in [7, 11) is 0. The van der Waals surface area contributed by atoms with Crippen LogP contribution < -0.4 is 5.32 Å². The summed E-state index contributed by atoms with van der Waals surface area (Å²) in [5.74, 6) is 0.772. The van der Waals surface area contributed by atoms with Crippen LogP contribution in [0.15, 0.2) is 55.1 Å². The van der Waals surface area contributed by atoms with E-state index < -0.39 is 11.7 Å². The van der Waals surface area contributed by atoms with Gasteiger partial charge in [0.05, 0.1) is 23.1 Å². The van der Waals surface area contributed by atoms with Crippen LogP contribution in [0.5, 0.6) is 0 Å². The van der Waals surface area contributed by atoms with E-state index in [2.05, 4.69) is 16.9 Å². The number of hydrogen-bond acceptors (Lipinski definition) is 2.